The molecular weight excluding hydrogens is 427 g/mol. The van der Waals surface area contributed by atoms with Gasteiger partial charge in [0.2, 0.25) is 0 Å². The van der Waals surface area contributed by atoms with Gasteiger partial charge in [0.25, 0.3) is 0 Å². The van der Waals surface area contributed by atoms with Gasteiger partial charge in [-0.1, -0.05) is 25.7 Å². The third-order valence-corrected chi connectivity index (χ3v) is 5.64. The number of aromatic nitrogens is 3. The van der Waals surface area contributed by atoms with Crippen molar-refractivity contribution < 1.29 is 0 Å². The fourth-order valence-corrected chi connectivity index (χ4v) is 4.30. The Hall–Kier alpha value is -0.860. The molecule has 1 saturated carbocycles. The van der Waals surface area contributed by atoms with Crippen molar-refractivity contribution in [1.82, 2.24) is 25.0 Å². The molecule has 0 amide bonds. The summed E-state index contributed by atoms with van der Waals surface area (Å²) < 4.78 is 1.94. The van der Waals surface area contributed by atoms with Crippen molar-refractivity contribution in [2.75, 3.05) is 19.6 Å². The van der Waals surface area contributed by atoms with Crippen LogP contribution < -0.4 is 5.32 Å². The number of aliphatic imine (C=N–C) groups is 1. The molecule has 1 N–H and O–H groups in total. The number of hydrogen-bond acceptors (Lipinski definition) is 3. The zero-order chi connectivity index (χ0) is 16.8. The molecule has 0 radical (unpaired) electrons. The van der Waals surface area contributed by atoms with Crippen LogP contribution in [-0.4, -0.2) is 45.3 Å². The summed E-state index contributed by atoms with van der Waals surface area (Å²) in [7, 11) is 1.97. The van der Waals surface area contributed by atoms with Crippen molar-refractivity contribution in [2.45, 2.75) is 64.8 Å². The van der Waals surface area contributed by atoms with Gasteiger partial charge in [-0.25, -0.2) is 4.99 Å². The first-order chi connectivity index (χ1) is 11.7. The quantitative estimate of drug-likeness (QED) is 0.427. The highest BCUT2D eigenvalue weighted by atomic mass is 127. The average molecular weight is 460 g/mol. The number of guanidine groups is 1. The van der Waals surface area contributed by atoms with Crippen LogP contribution in [0.3, 0.4) is 0 Å². The van der Waals surface area contributed by atoms with Crippen LogP contribution in [0.5, 0.6) is 0 Å². The Morgan fingerprint density at radius 1 is 1.20 bits per heavy atom. The molecule has 1 aliphatic carbocycles. The molecule has 1 spiro atoms. The van der Waals surface area contributed by atoms with E-state index in [1.54, 1.807) is 6.33 Å². The van der Waals surface area contributed by atoms with Gasteiger partial charge in [-0.15, -0.1) is 34.2 Å². The second kappa shape index (κ2) is 9.73. The Balaban J connectivity index is 0.00000225. The van der Waals surface area contributed by atoms with Crippen LogP contribution in [0.4, 0.5) is 0 Å². The lowest BCUT2D eigenvalue weighted by atomic mass is 9.74. The highest BCUT2D eigenvalue weighted by Gasteiger charge is 2.36. The van der Waals surface area contributed by atoms with Crippen LogP contribution in [0, 0.1) is 5.41 Å². The van der Waals surface area contributed by atoms with Gasteiger partial charge in [0.05, 0.1) is 0 Å². The first-order valence-electron chi connectivity index (χ1n) is 9.59. The van der Waals surface area contributed by atoms with E-state index in [4.69, 9.17) is 4.99 Å². The Bertz CT molecular complexity index is 548. The highest BCUT2D eigenvalue weighted by molar-refractivity contribution is 14.0. The zero-order valence-electron chi connectivity index (χ0n) is 15.7. The lowest BCUT2D eigenvalue weighted by Gasteiger charge is -2.44. The first kappa shape index (κ1) is 20.5. The summed E-state index contributed by atoms with van der Waals surface area (Å²) in [6.45, 7) is 5.91. The van der Waals surface area contributed by atoms with Crippen molar-refractivity contribution in [1.29, 1.82) is 0 Å². The van der Waals surface area contributed by atoms with Gasteiger partial charge in [-0.05, 0) is 38.0 Å². The molecule has 2 aliphatic rings. The summed E-state index contributed by atoms with van der Waals surface area (Å²) in [5.41, 5.74) is 0.524. The molecule has 0 atom stereocenters. The molecule has 0 unspecified atom stereocenters. The van der Waals surface area contributed by atoms with Gasteiger partial charge < -0.3 is 14.8 Å². The van der Waals surface area contributed by atoms with E-state index in [-0.39, 0.29) is 24.0 Å². The Morgan fingerprint density at radius 2 is 1.92 bits per heavy atom. The summed E-state index contributed by atoms with van der Waals surface area (Å²) >= 11 is 0. The zero-order valence-corrected chi connectivity index (χ0v) is 18.0. The molecule has 1 aromatic rings. The van der Waals surface area contributed by atoms with Crippen LogP contribution in [-0.2, 0) is 13.6 Å². The lowest BCUT2D eigenvalue weighted by molar-refractivity contribution is 0.115. The minimum atomic E-state index is 0. The number of aryl methyl sites for hydroxylation is 1. The smallest absolute Gasteiger partial charge is 0.194 e. The maximum atomic E-state index is 4.85. The van der Waals surface area contributed by atoms with E-state index in [2.05, 4.69) is 27.3 Å². The van der Waals surface area contributed by atoms with Gasteiger partial charge in [-0.2, -0.15) is 0 Å². The number of nitrogens with zero attached hydrogens (tertiary/aromatic N) is 5. The largest absolute Gasteiger partial charge is 0.357 e. The predicted molar refractivity (Wildman–Crippen MR) is 112 cm³/mol. The van der Waals surface area contributed by atoms with Crippen molar-refractivity contribution in [3.8, 4) is 0 Å². The maximum Gasteiger partial charge on any atom is 0.194 e. The van der Waals surface area contributed by atoms with Gasteiger partial charge in [0, 0.05) is 26.7 Å². The molecule has 0 bridgehead atoms. The molecule has 2 heterocycles. The highest BCUT2D eigenvalue weighted by Crippen LogP contribution is 2.42. The number of nitrogens with one attached hydrogen (secondary N) is 1. The van der Waals surface area contributed by atoms with Crippen LogP contribution in [0.1, 0.15) is 64.1 Å². The second-order valence-corrected chi connectivity index (χ2v) is 7.47. The van der Waals surface area contributed by atoms with Crippen LogP contribution >= 0.6 is 24.0 Å². The molecule has 0 aromatic carbocycles. The van der Waals surface area contributed by atoms with E-state index in [1.807, 2.05) is 11.6 Å². The van der Waals surface area contributed by atoms with Gasteiger partial charge in [0.1, 0.15) is 12.9 Å². The molecule has 7 heteroatoms. The summed E-state index contributed by atoms with van der Waals surface area (Å²) in [6, 6.07) is 0. The fraction of sp³-hybridized carbons (Fsp3) is 0.833. The molecular formula is C18H33IN6. The topological polar surface area (TPSA) is 58.3 Å². The number of likely N-dealkylation sites (tertiary alicyclic amines) is 1. The summed E-state index contributed by atoms with van der Waals surface area (Å²) in [4.78, 5) is 7.34. The molecule has 3 rings (SSSR count). The number of hydrogen-bond donors (Lipinski definition) is 1. The van der Waals surface area contributed by atoms with Crippen molar-refractivity contribution in [2.24, 2.45) is 17.5 Å². The monoisotopic (exact) mass is 460 g/mol. The molecule has 6 nitrogen and oxygen atoms in total. The first-order valence-corrected chi connectivity index (χ1v) is 9.59. The average Bonchev–Trinajstić information content (AvgIpc) is 2.87. The molecule has 1 aromatic heterocycles. The molecule has 2 fully saturated rings. The number of halogens is 1. The van der Waals surface area contributed by atoms with Crippen LogP contribution in [0.25, 0.3) is 0 Å². The molecule has 1 saturated heterocycles. The summed E-state index contributed by atoms with van der Waals surface area (Å²) in [5.74, 6) is 1.95. The third kappa shape index (κ3) is 5.31. The van der Waals surface area contributed by atoms with E-state index < -0.39 is 0 Å². The second-order valence-electron chi connectivity index (χ2n) is 7.47. The molecule has 142 valence electrons. The summed E-state index contributed by atoms with van der Waals surface area (Å²) in [5, 5.41) is 11.6. The van der Waals surface area contributed by atoms with E-state index in [9.17, 15) is 0 Å². The minimum Gasteiger partial charge on any atom is -0.357 e. The fourth-order valence-electron chi connectivity index (χ4n) is 4.30. The van der Waals surface area contributed by atoms with E-state index in [0.29, 0.717) is 12.0 Å². The van der Waals surface area contributed by atoms with Crippen LogP contribution in [0.15, 0.2) is 11.3 Å². The molecule has 25 heavy (non-hydrogen) atoms. The standard InChI is InChI=1S/C18H32N6.HI/c1-3-19-17(20-13-16-22-21-15-23(16)2)24-12-8-11-18(14-24)9-6-4-5-7-10-18;/h15H,3-14H2,1-2H3,(H,19,20);1H. The van der Waals surface area contributed by atoms with E-state index in [1.165, 1.54) is 51.4 Å². The maximum absolute atomic E-state index is 4.85. The van der Waals surface area contributed by atoms with Crippen molar-refractivity contribution in [3.63, 3.8) is 0 Å². The van der Waals surface area contributed by atoms with Crippen molar-refractivity contribution >= 4 is 29.9 Å². The van der Waals surface area contributed by atoms with Crippen molar-refractivity contribution in [3.05, 3.63) is 12.2 Å². The Kier molecular flexibility index (Phi) is 7.96. The normalized spacial score (nSPS) is 20.9. The van der Waals surface area contributed by atoms with E-state index >= 15 is 0 Å². The summed E-state index contributed by atoms with van der Waals surface area (Å²) in [6.07, 6.45) is 12.9. The minimum absolute atomic E-state index is 0. The third-order valence-electron chi connectivity index (χ3n) is 5.64. The Labute approximate surface area is 168 Å². The van der Waals surface area contributed by atoms with Gasteiger partial charge in [0.15, 0.2) is 11.8 Å². The van der Waals surface area contributed by atoms with Crippen LogP contribution in [0.2, 0.25) is 0 Å². The predicted octanol–water partition coefficient (Wildman–Crippen LogP) is 3.34. The van der Waals surface area contributed by atoms with E-state index in [0.717, 1.165) is 31.4 Å². The van der Waals surface area contributed by atoms with Gasteiger partial charge >= 0.3 is 0 Å². The Morgan fingerprint density at radius 3 is 2.56 bits per heavy atom. The molecule has 1 aliphatic heterocycles. The lowest BCUT2D eigenvalue weighted by Crippen LogP contribution is -2.50. The van der Waals surface area contributed by atoms with Gasteiger partial charge in [-0.3, -0.25) is 0 Å². The number of rotatable bonds is 3. The number of piperidine rings is 1. The SMILES string of the molecule is CCNC(=NCc1nncn1C)N1CCCC2(CCCCCC2)C1.I.